The van der Waals surface area contributed by atoms with E-state index in [4.69, 9.17) is 0 Å². The van der Waals surface area contributed by atoms with Gasteiger partial charge in [-0.1, -0.05) is 206 Å². The summed E-state index contributed by atoms with van der Waals surface area (Å²) >= 11 is 0. The maximum absolute atomic E-state index is 2.44. The third kappa shape index (κ3) is 5.34. The van der Waals surface area contributed by atoms with Crippen molar-refractivity contribution < 1.29 is 0 Å². The van der Waals surface area contributed by atoms with Gasteiger partial charge in [0.1, 0.15) is 0 Å². The Morgan fingerprint density at radius 2 is 0.500 bits per heavy atom. The average Bonchev–Trinajstić information content (AvgIpc) is 3.34. The van der Waals surface area contributed by atoms with Crippen LogP contribution < -0.4 is 0 Å². The van der Waals surface area contributed by atoms with Crippen molar-refractivity contribution in [3.63, 3.8) is 0 Å². The average molecular weight is 783 g/mol. The Bertz CT molecular complexity index is 3730. The summed E-state index contributed by atoms with van der Waals surface area (Å²) in [6.07, 6.45) is 0. The smallest absolute Gasteiger partial charge is 0.00206 e. The maximum Gasteiger partial charge on any atom is -0.00206 e. The van der Waals surface area contributed by atoms with Crippen LogP contribution in [-0.4, -0.2) is 0 Å². The maximum atomic E-state index is 2.44. The minimum Gasteiger partial charge on any atom is -0.0616 e. The van der Waals surface area contributed by atoms with Crippen LogP contribution in [-0.2, 0) is 0 Å². The second-order valence-corrected chi connectivity index (χ2v) is 16.7. The van der Waals surface area contributed by atoms with Crippen LogP contribution in [0, 0.1) is 0 Å². The molecule has 0 saturated heterocycles. The standard InChI is InChI=1S/C62H38/c1-3-20-47-39(13-1)15-10-26-53(47)57-33-31-49(51-22-5-7-24-55(51)57)44-35-45(37-46(36-44)60-38-43-19-9-17-41-29-30-42-18-12-28-59(60)62(42)61(41)43)50-32-34-58(56-25-8-6-23-52(50)56)54-27-11-16-40-14-2-4-21-48(40)54/h1-38H. The lowest BCUT2D eigenvalue weighted by molar-refractivity contribution is 1.60. The minimum atomic E-state index is 1.20. The molecular weight excluding hydrogens is 745 g/mol. The molecule has 0 heterocycles. The largest absolute Gasteiger partial charge is 0.0616 e. The molecule has 62 heavy (non-hydrogen) atoms. The van der Waals surface area contributed by atoms with Crippen molar-refractivity contribution in [2.75, 3.05) is 0 Å². The molecule has 13 aromatic carbocycles. The van der Waals surface area contributed by atoms with E-state index in [0.29, 0.717) is 0 Å². The van der Waals surface area contributed by atoms with Crippen molar-refractivity contribution in [1.29, 1.82) is 0 Å². The van der Waals surface area contributed by atoms with Gasteiger partial charge in [0.05, 0.1) is 0 Å². The molecule has 13 aromatic rings. The highest BCUT2D eigenvalue weighted by atomic mass is 14.2. The minimum absolute atomic E-state index is 1.20. The van der Waals surface area contributed by atoms with Crippen LogP contribution in [0.3, 0.4) is 0 Å². The van der Waals surface area contributed by atoms with Crippen LogP contribution in [0.5, 0.6) is 0 Å². The highest BCUT2D eigenvalue weighted by Gasteiger charge is 2.19. The van der Waals surface area contributed by atoms with Gasteiger partial charge in [0.15, 0.2) is 0 Å². The topological polar surface area (TPSA) is 0 Å². The first-order valence-electron chi connectivity index (χ1n) is 21.6. The molecule has 0 radical (unpaired) electrons. The number of hydrogen-bond acceptors (Lipinski definition) is 0. The summed E-state index contributed by atoms with van der Waals surface area (Å²) in [6, 6.07) is 85.9. The summed E-state index contributed by atoms with van der Waals surface area (Å²) in [5.41, 5.74) is 12.3. The van der Waals surface area contributed by atoms with E-state index in [1.807, 2.05) is 0 Å². The quantitative estimate of drug-likeness (QED) is 0.153. The Morgan fingerprint density at radius 1 is 0.161 bits per heavy atom. The number of hydrogen-bond donors (Lipinski definition) is 0. The van der Waals surface area contributed by atoms with Gasteiger partial charge in [-0.05, 0) is 155 Å². The molecule has 286 valence electrons. The summed E-state index contributed by atoms with van der Waals surface area (Å²) in [4.78, 5) is 0. The molecule has 0 bridgehead atoms. The number of benzene rings is 13. The van der Waals surface area contributed by atoms with Crippen molar-refractivity contribution in [3.8, 4) is 55.6 Å². The zero-order valence-corrected chi connectivity index (χ0v) is 33.9. The van der Waals surface area contributed by atoms with Gasteiger partial charge in [0, 0.05) is 0 Å². The normalized spacial score (nSPS) is 11.9. The predicted molar refractivity (Wildman–Crippen MR) is 267 cm³/mol. The van der Waals surface area contributed by atoms with E-state index in [1.165, 1.54) is 131 Å². The van der Waals surface area contributed by atoms with Gasteiger partial charge in [0.2, 0.25) is 0 Å². The lowest BCUT2D eigenvalue weighted by Gasteiger charge is -2.19. The fourth-order valence-corrected chi connectivity index (χ4v) is 10.6. The number of fused-ring (bicyclic) bond motifs is 4. The summed E-state index contributed by atoms with van der Waals surface area (Å²) < 4.78 is 0. The Morgan fingerprint density at radius 3 is 1.05 bits per heavy atom. The molecule has 13 rings (SSSR count). The first-order valence-corrected chi connectivity index (χ1v) is 21.6. The van der Waals surface area contributed by atoms with Gasteiger partial charge in [-0.2, -0.15) is 0 Å². The van der Waals surface area contributed by atoms with Crippen molar-refractivity contribution in [3.05, 3.63) is 231 Å². The van der Waals surface area contributed by atoms with E-state index in [2.05, 4.69) is 231 Å². The summed E-state index contributed by atoms with van der Waals surface area (Å²) in [5.74, 6) is 0. The molecular formula is C62H38. The van der Waals surface area contributed by atoms with Crippen molar-refractivity contribution in [1.82, 2.24) is 0 Å². The zero-order valence-electron chi connectivity index (χ0n) is 33.9. The highest BCUT2D eigenvalue weighted by molar-refractivity contribution is 6.26. The van der Waals surface area contributed by atoms with Gasteiger partial charge in [-0.3, -0.25) is 0 Å². The Balaban J connectivity index is 1.09. The van der Waals surface area contributed by atoms with E-state index in [1.54, 1.807) is 0 Å². The molecule has 0 nitrogen and oxygen atoms in total. The van der Waals surface area contributed by atoms with Crippen LogP contribution in [0.4, 0.5) is 0 Å². The summed E-state index contributed by atoms with van der Waals surface area (Å²) in [7, 11) is 0. The predicted octanol–water partition coefficient (Wildman–Crippen LogP) is 17.5. The molecule has 0 unspecified atom stereocenters. The molecule has 0 saturated carbocycles. The first-order chi connectivity index (χ1) is 30.7. The van der Waals surface area contributed by atoms with Crippen LogP contribution in [0.1, 0.15) is 0 Å². The van der Waals surface area contributed by atoms with Crippen molar-refractivity contribution in [2.45, 2.75) is 0 Å². The highest BCUT2D eigenvalue weighted by Crippen LogP contribution is 2.46. The molecule has 0 fully saturated rings. The molecule has 0 aliphatic heterocycles. The fraction of sp³-hybridized carbons (Fsp3) is 0. The second-order valence-electron chi connectivity index (χ2n) is 16.7. The second kappa shape index (κ2) is 13.7. The molecule has 0 amide bonds. The summed E-state index contributed by atoms with van der Waals surface area (Å²) in [5, 5.41) is 17.8. The lowest BCUT2D eigenvalue weighted by atomic mass is 9.84. The molecule has 0 heteroatoms. The SMILES string of the molecule is c1ccc2c(-c3ccc(-c4cc(-c5ccc(-c6cccc7ccccc67)c6ccccc56)cc(-c5cc6cccc7ccc8cccc5c8c76)c4)c4ccccc34)cccc2c1. The Kier molecular flexibility index (Phi) is 7.71. The molecule has 0 N–H and O–H groups in total. The molecule has 0 aliphatic carbocycles. The molecule has 0 aliphatic rings. The van der Waals surface area contributed by atoms with E-state index in [9.17, 15) is 0 Å². The van der Waals surface area contributed by atoms with E-state index in [0.717, 1.165) is 0 Å². The lowest BCUT2D eigenvalue weighted by Crippen LogP contribution is -1.92. The van der Waals surface area contributed by atoms with Gasteiger partial charge in [0.25, 0.3) is 0 Å². The fourth-order valence-electron chi connectivity index (χ4n) is 10.6. The van der Waals surface area contributed by atoms with Gasteiger partial charge in [-0.15, -0.1) is 0 Å². The van der Waals surface area contributed by atoms with Gasteiger partial charge >= 0.3 is 0 Å². The van der Waals surface area contributed by atoms with Crippen molar-refractivity contribution in [2.24, 2.45) is 0 Å². The summed E-state index contributed by atoms with van der Waals surface area (Å²) in [6.45, 7) is 0. The Hall–Kier alpha value is -8.06. The van der Waals surface area contributed by atoms with Crippen LogP contribution in [0.25, 0.3) is 131 Å². The third-order valence-corrected chi connectivity index (χ3v) is 13.4. The first kappa shape index (κ1) is 34.8. The van der Waals surface area contributed by atoms with Crippen LogP contribution in [0.2, 0.25) is 0 Å². The monoisotopic (exact) mass is 782 g/mol. The van der Waals surface area contributed by atoms with Gasteiger partial charge < -0.3 is 0 Å². The molecule has 0 aromatic heterocycles. The van der Waals surface area contributed by atoms with Crippen molar-refractivity contribution >= 4 is 75.4 Å². The third-order valence-electron chi connectivity index (χ3n) is 13.4. The van der Waals surface area contributed by atoms with E-state index < -0.39 is 0 Å². The zero-order chi connectivity index (χ0) is 40.7. The van der Waals surface area contributed by atoms with Crippen LogP contribution >= 0.6 is 0 Å². The van der Waals surface area contributed by atoms with Gasteiger partial charge in [-0.25, -0.2) is 0 Å². The molecule has 0 spiro atoms. The molecule has 0 atom stereocenters. The van der Waals surface area contributed by atoms with E-state index >= 15 is 0 Å². The van der Waals surface area contributed by atoms with Crippen LogP contribution in [0.15, 0.2) is 231 Å². The Labute approximate surface area is 359 Å². The van der Waals surface area contributed by atoms with E-state index in [-0.39, 0.29) is 0 Å². The number of rotatable bonds is 5.